The van der Waals surface area contributed by atoms with Crippen molar-refractivity contribution in [2.24, 2.45) is 5.92 Å². The smallest absolute Gasteiger partial charge is 0.283 e. The summed E-state index contributed by atoms with van der Waals surface area (Å²) in [5, 5.41) is 17.4. The van der Waals surface area contributed by atoms with Gasteiger partial charge in [0.2, 0.25) is 0 Å². The van der Waals surface area contributed by atoms with Crippen molar-refractivity contribution in [2.75, 3.05) is 11.9 Å². The Morgan fingerprint density at radius 2 is 2.25 bits per heavy atom. The average molecular weight is 344 g/mol. The van der Waals surface area contributed by atoms with E-state index >= 15 is 0 Å². The second-order valence-electron chi connectivity index (χ2n) is 5.39. The lowest BCUT2D eigenvalue weighted by molar-refractivity contribution is 0.0763. The number of aromatic nitrogens is 2. The molecule has 5 nitrogen and oxygen atoms in total. The molecule has 20 heavy (non-hydrogen) atoms. The number of aliphatic hydroxyl groups excluding tert-OH is 1. The minimum Gasteiger partial charge on any atom is -0.393 e. The Labute approximate surface area is 127 Å². The summed E-state index contributed by atoms with van der Waals surface area (Å²) in [6, 6.07) is 0. The Balaban J connectivity index is 2.02. The van der Waals surface area contributed by atoms with Gasteiger partial charge in [0.05, 0.1) is 18.0 Å². The monoisotopic (exact) mass is 343 g/mol. The zero-order valence-corrected chi connectivity index (χ0v) is 13.4. The third-order valence-corrected chi connectivity index (χ3v) is 4.61. The van der Waals surface area contributed by atoms with Crippen LogP contribution in [0.3, 0.4) is 0 Å². The summed E-state index contributed by atoms with van der Waals surface area (Å²) in [7, 11) is 0. The minimum atomic E-state index is -0.233. The molecule has 0 radical (unpaired) electrons. The number of halogens is 1. The first-order valence-electron chi connectivity index (χ1n) is 7.31. The second-order valence-corrected chi connectivity index (χ2v) is 6.19. The predicted octanol–water partition coefficient (Wildman–Crippen LogP) is 2.38. The van der Waals surface area contributed by atoms with E-state index in [2.05, 4.69) is 26.3 Å². The molecule has 1 fully saturated rings. The Kier molecular flexibility index (Phi) is 5.60. The fraction of sp³-hybridized carbons (Fsp3) is 0.714. The SMILES string of the molecule is CCCn1ncc(NCC2CCCCC2O)c(Br)c1=O. The number of nitrogens with zero attached hydrogens (tertiary/aromatic N) is 2. The molecule has 112 valence electrons. The highest BCUT2D eigenvalue weighted by atomic mass is 79.9. The van der Waals surface area contributed by atoms with Crippen molar-refractivity contribution in [3.05, 3.63) is 21.0 Å². The third kappa shape index (κ3) is 3.61. The quantitative estimate of drug-likeness (QED) is 0.861. The summed E-state index contributed by atoms with van der Waals surface area (Å²) < 4.78 is 1.98. The molecule has 1 aliphatic rings. The maximum Gasteiger partial charge on any atom is 0.283 e. The van der Waals surface area contributed by atoms with Gasteiger partial charge in [0.1, 0.15) is 4.47 Å². The van der Waals surface area contributed by atoms with Gasteiger partial charge in [-0.2, -0.15) is 5.10 Å². The summed E-state index contributed by atoms with van der Waals surface area (Å²) in [5.41, 5.74) is 0.598. The number of rotatable bonds is 5. The van der Waals surface area contributed by atoms with E-state index in [4.69, 9.17) is 0 Å². The van der Waals surface area contributed by atoms with Crippen LogP contribution in [0.15, 0.2) is 15.5 Å². The molecule has 0 spiro atoms. The van der Waals surface area contributed by atoms with E-state index < -0.39 is 0 Å². The topological polar surface area (TPSA) is 67.2 Å². The van der Waals surface area contributed by atoms with Crippen LogP contribution < -0.4 is 10.9 Å². The van der Waals surface area contributed by atoms with Gasteiger partial charge in [-0.1, -0.05) is 19.8 Å². The van der Waals surface area contributed by atoms with E-state index in [1.165, 1.54) is 11.1 Å². The third-order valence-electron chi connectivity index (χ3n) is 3.84. The predicted molar refractivity (Wildman–Crippen MR) is 82.9 cm³/mol. The van der Waals surface area contributed by atoms with Gasteiger partial charge >= 0.3 is 0 Å². The van der Waals surface area contributed by atoms with E-state index in [1.807, 2.05) is 6.92 Å². The molecule has 0 aromatic carbocycles. The van der Waals surface area contributed by atoms with Crippen LogP contribution >= 0.6 is 15.9 Å². The maximum atomic E-state index is 12.1. The minimum absolute atomic E-state index is 0.110. The molecule has 0 bridgehead atoms. The van der Waals surface area contributed by atoms with Gasteiger partial charge < -0.3 is 10.4 Å². The van der Waals surface area contributed by atoms with Gasteiger partial charge in [-0.15, -0.1) is 0 Å². The Morgan fingerprint density at radius 3 is 2.95 bits per heavy atom. The van der Waals surface area contributed by atoms with E-state index in [-0.39, 0.29) is 17.6 Å². The fourth-order valence-electron chi connectivity index (χ4n) is 2.63. The zero-order valence-electron chi connectivity index (χ0n) is 11.8. The molecule has 1 aromatic rings. The van der Waals surface area contributed by atoms with Crippen molar-refractivity contribution in [2.45, 2.75) is 51.7 Å². The van der Waals surface area contributed by atoms with Crippen LogP contribution in [-0.4, -0.2) is 27.5 Å². The number of hydrogen-bond donors (Lipinski definition) is 2. The molecule has 1 aromatic heterocycles. The fourth-order valence-corrected chi connectivity index (χ4v) is 3.07. The molecule has 2 atom stereocenters. The number of aryl methyl sites for hydroxylation is 1. The molecule has 2 rings (SSSR count). The molecule has 1 aliphatic carbocycles. The summed E-state index contributed by atoms with van der Waals surface area (Å²) in [4.78, 5) is 12.1. The van der Waals surface area contributed by atoms with Crippen LogP contribution in [0.25, 0.3) is 0 Å². The number of aliphatic hydroxyl groups is 1. The normalized spacial score (nSPS) is 22.8. The number of nitrogens with one attached hydrogen (secondary N) is 1. The maximum absolute atomic E-state index is 12.1. The second kappa shape index (κ2) is 7.22. The first-order chi connectivity index (χ1) is 9.63. The summed E-state index contributed by atoms with van der Waals surface area (Å²) in [6.07, 6.45) is 6.51. The van der Waals surface area contributed by atoms with Crippen LogP contribution in [-0.2, 0) is 6.54 Å². The van der Waals surface area contributed by atoms with E-state index in [0.29, 0.717) is 23.2 Å². The molecular weight excluding hydrogens is 322 g/mol. The summed E-state index contributed by atoms with van der Waals surface area (Å²) >= 11 is 3.34. The lowest BCUT2D eigenvalue weighted by atomic mass is 9.86. The van der Waals surface area contributed by atoms with Crippen molar-refractivity contribution in [1.82, 2.24) is 9.78 Å². The van der Waals surface area contributed by atoms with Crippen molar-refractivity contribution < 1.29 is 5.11 Å². The first kappa shape index (κ1) is 15.5. The molecule has 1 heterocycles. The largest absolute Gasteiger partial charge is 0.393 e. The summed E-state index contributed by atoms with van der Waals surface area (Å²) in [6.45, 7) is 3.32. The zero-order chi connectivity index (χ0) is 14.5. The van der Waals surface area contributed by atoms with E-state index in [1.54, 1.807) is 6.20 Å². The molecule has 0 amide bonds. The summed E-state index contributed by atoms with van der Waals surface area (Å²) in [5.74, 6) is 0.258. The molecule has 1 saturated carbocycles. The van der Waals surface area contributed by atoms with Gasteiger partial charge in [0.25, 0.3) is 5.56 Å². The van der Waals surface area contributed by atoms with Gasteiger partial charge in [0.15, 0.2) is 0 Å². The number of hydrogen-bond acceptors (Lipinski definition) is 4. The number of anilines is 1. The molecule has 0 aliphatic heterocycles. The van der Waals surface area contributed by atoms with E-state index in [9.17, 15) is 9.90 Å². The lowest BCUT2D eigenvalue weighted by Crippen LogP contribution is -2.31. The van der Waals surface area contributed by atoms with Crippen molar-refractivity contribution in [1.29, 1.82) is 0 Å². The molecular formula is C14H22BrN3O2. The Bertz CT molecular complexity index is 504. The van der Waals surface area contributed by atoms with Crippen LogP contribution in [0.5, 0.6) is 0 Å². The van der Waals surface area contributed by atoms with Crippen LogP contribution in [0.1, 0.15) is 39.0 Å². The first-order valence-corrected chi connectivity index (χ1v) is 8.10. The van der Waals surface area contributed by atoms with Gasteiger partial charge in [-0.25, -0.2) is 4.68 Å². The van der Waals surface area contributed by atoms with E-state index in [0.717, 1.165) is 25.7 Å². The van der Waals surface area contributed by atoms with Crippen LogP contribution in [0, 0.1) is 5.92 Å². The molecule has 6 heteroatoms. The molecule has 2 N–H and O–H groups in total. The Morgan fingerprint density at radius 1 is 1.50 bits per heavy atom. The van der Waals surface area contributed by atoms with Crippen LogP contribution in [0.4, 0.5) is 5.69 Å². The highest BCUT2D eigenvalue weighted by Crippen LogP contribution is 2.25. The van der Waals surface area contributed by atoms with Gasteiger partial charge in [-0.05, 0) is 35.2 Å². The lowest BCUT2D eigenvalue weighted by Gasteiger charge is -2.28. The van der Waals surface area contributed by atoms with Crippen molar-refractivity contribution >= 4 is 21.6 Å². The molecule has 2 unspecified atom stereocenters. The standard InChI is InChI=1S/C14H22BrN3O2/c1-2-7-18-14(20)13(15)11(9-17-18)16-8-10-5-3-4-6-12(10)19/h9-10,12,16,19H,2-8H2,1H3. The van der Waals surface area contributed by atoms with Crippen LogP contribution in [0.2, 0.25) is 0 Å². The highest BCUT2D eigenvalue weighted by molar-refractivity contribution is 9.10. The Hall–Kier alpha value is -0.880. The van der Waals surface area contributed by atoms with Gasteiger partial charge in [-0.3, -0.25) is 4.79 Å². The van der Waals surface area contributed by atoms with Gasteiger partial charge in [0, 0.05) is 19.0 Å². The van der Waals surface area contributed by atoms with Crippen molar-refractivity contribution in [3.8, 4) is 0 Å². The highest BCUT2D eigenvalue weighted by Gasteiger charge is 2.23. The molecule has 0 saturated heterocycles. The average Bonchev–Trinajstić information content (AvgIpc) is 2.45. The van der Waals surface area contributed by atoms with Crippen molar-refractivity contribution in [3.63, 3.8) is 0 Å².